The van der Waals surface area contributed by atoms with Crippen LogP contribution in [-0.2, 0) is 0 Å². The molecule has 1 amide bonds. The monoisotopic (exact) mass is 383 g/mol. The van der Waals surface area contributed by atoms with Crippen molar-refractivity contribution >= 4 is 40.4 Å². The van der Waals surface area contributed by atoms with Gasteiger partial charge in [0, 0.05) is 16.3 Å². The Hall–Kier alpha value is -2.96. The predicted octanol–water partition coefficient (Wildman–Crippen LogP) is 4.35. The zero-order valence-electron chi connectivity index (χ0n) is 13.2. The second-order valence-electron chi connectivity index (χ2n) is 5.51. The lowest BCUT2D eigenvalue weighted by Crippen LogP contribution is -2.12. The van der Waals surface area contributed by atoms with Crippen molar-refractivity contribution in [2.45, 2.75) is 0 Å². The van der Waals surface area contributed by atoms with Gasteiger partial charge in [-0.2, -0.15) is 9.61 Å². The molecular formula is C18H11Cl2N5O. The lowest BCUT2D eigenvalue weighted by molar-refractivity contribution is 0.102. The fourth-order valence-electron chi connectivity index (χ4n) is 2.48. The Morgan fingerprint density at radius 3 is 2.62 bits per heavy atom. The standard InChI is InChI=1S/C18H11Cl2N5O/c19-12-3-6-15(20)14(9-12)18(26)22-13-4-1-11(2-5-13)16-7-8-17-23-21-10-25(17)24-16/h1-10H,(H,22,26). The molecule has 0 saturated heterocycles. The number of carbonyl (C=O) groups excluding carboxylic acids is 1. The largest absolute Gasteiger partial charge is 0.322 e. The molecule has 0 atom stereocenters. The van der Waals surface area contributed by atoms with E-state index in [9.17, 15) is 4.79 Å². The Morgan fingerprint density at radius 1 is 1.00 bits per heavy atom. The Bertz CT molecular complexity index is 1110. The number of nitrogens with zero attached hydrogens (tertiary/aromatic N) is 4. The van der Waals surface area contributed by atoms with Crippen LogP contribution in [0.5, 0.6) is 0 Å². The topological polar surface area (TPSA) is 72.2 Å². The molecule has 0 bridgehead atoms. The minimum atomic E-state index is -0.325. The fraction of sp³-hybridized carbons (Fsp3) is 0. The molecule has 8 heteroatoms. The molecule has 0 fully saturated rings. The SMILES string of the molecule is O=C(Nc1ccc(-c2ccc3nncn3n2)cc1)c1cc(Cl)ccc1Cl. The molecule has 0 unspecified atom stereocenters. The lowest BCUT2D eigenvalue weighted by atomic mass is 10.1. The summed E-state index contributed by atoms with van der Waals surface area (Å²) in [5, 5.41) is 15.8. The molecule has 4 aromatic rings. The fourth-order valence-corrected chi connectivity index (χ4v) is 2.85. The van der Waals surface area contributed by atoms with Gasteiger partial charge in [-0.15, -0.1) is 10.2 Å². The van der Waals surface area contributed by atoms with Gasteiger partial charge in [0.2, 0.25) is 0 Å². The zero-order valence-corrected chi connectivity index (χ0v) is 14.7. The van der Waals surface area contributed by atoms with Crippen LogP contribution in [0.2, 0.25) is 10.0 Å². The molecule has 26 heavy (non-hydrogen) atoms. The summed E-state index contributed by atoms with van der Waals surface area (Å²) in [5.41, 5.74) is 3.31. The van der Waals surface area contributed by atoms with Gasteiger partial charge in [-0.1, -0.05) is 35.3 Å². The van der Waals surface area contributed by atoms with Crippen molar-refractivity contribution in [3.63, 3.8) is 0 Å². The van der Waals surface area contributed by atoms with Crippen molar-refractivity contribution in [3.8, 4) is 11.3 Å². The maximum Gasteiger partial charge on any atom is 0.257 e. The molecule has 0 aliphatic carbocycles. The smallest absolute Gasteiger partial charge is 0.257 e. The number of carbonyl (C=O) groups is 1. The summed E-state index contributed by atoms with van der Waals surface area (Å²) in [6.07, 6.45) is 1.54. The number of anilines is 1. The minimum Gasteiger partial charge on any atom is -0.322 e. The quantitative estimate of drug-likeness (QED) is 0.570. The number of hydrogen-bond acceptors (Lipinski definition) is 4. The summed E-state index contributed by atoms with van der Waals surface area (Å²) < 4.78 is 1.60. The Balaban J connectivity index is 1.55. The molecule has 4 rings (SSSR count). The van der Waals surface area contributed by atoms with Gasteiger partial charge in [-0.3, -0.25) is 4.79 Å². The molecule has 0 aliphatic rings. The molecule has 2 aromatic carbocycles. The summed E-state index contributed by atoms with van der Waals surface area (Å²) in [4.78, 5) is 12.4. The van der Waals surface area contributed by atoms with Crippen LogP contribution in [0.1, 0.15) is 10.4 Å². The van der Waals surface area contributed by atoms with E-state index in [0.29, 0.717) is 26.9 Å². The van der Waals surface area contributed by atoms with Gasteiger partial charge in [0.15, 0.2) is 5.65 Å². The van der Waals surface area contributed by atoms with E-state index in [1.54, 1.807) is 35.1 Å². The molecule has 2 heterocycles. The normalized spacial score (nSPS) is 10.8. The van der Waals surface area contributed by atoms with E-state index in [2.05, 4.69) is 20.6 Å². The van der Waals surface area contributed by atoms with E-state index in [0.717, 1.165) is 11.3 Å². The molecule has 0 radical (unpaired) electrons. The van der Waals surface area contributed by atoms with Crippen LogP contribution in [0.25, 0.3) is 16.9 Å². The first-order valence-electron chi connectivity index (χ1n) is 7.64. The number of aromatic nitrogens is 4. The van der Waals surface area contributed by atoms with E-state index in [4.69, 9.17) is 23.2 Å². The minimum absolute atomic E-state index is 0.322. The maximum atomic E-state index is 12.4. The first-order chi connectivity index (χ1) is 12.6. The number of halogens is 2. The number of rotatable bonds is 3. The van der Waals surface area contributed by atoms with Crippen molar-refractivity contribution in [2.24, 2.45) is 0 Å². The van der Waals surface area contributed by atoms with Gasteiger partial charge >= 0.3 is 0 Å². The van der Waals surface area contributed by atoms with E-state index < -0.39 is 0 Å². The first-order valence-corrected chi connectivity index (χ1v) is 8.40. The van der Waals surface area contributed by atoms with Gasteiger partial charge in [0.05, 0.1) is 16.3 Å². The molecular weight excluding hydrogens is 373 g/mol. The highest BCUT2D eigenvalue weighted by atomic mass is 35.5. The number of hydrogen-bond donors (Lipinski definition) is 1. The summed E-state index contributed by atoms with van der Waals surface area (Å²) in [7, 11) is 0. The molecule has 0 saturated carbocycles. The molecule has 0 spiro atoms. The third-order valence-electron chi connectivity index (χ3n) is 3.77. The van der Waals surface area contributed by atoms with Crippen molar-refractivity contribution in [3.05, 3.63) is 76.5 Å². The van der Waals surface area contributed by atoms with Crippen LogP contribution < -0.4 is 5.32 Å². The molecule has 1 N–H and O–H groups in total. The van der Waals surface area contributed by atoms with Crippen LogP contribution in [-0.4, -0.2) is 25.7 Å². The summed E-state index contributed by atoms with van der Waals surface area (Å²) in [6.45, 7) is 0. The third-order valence-corrected chi connectivity index (χ3v) is 4.34. The lowest BCUT2D eigenvalue weighted by Gasteiger charge is -2.08. The third kappa shape index (κ3) is 3.24. The van der Waals surface area contributed by atoms with Crippen LogP contribution >= 0.6 is 23.2 Å². The van der Waals surface area contributed by atoms with Crippen LogP contribution in [0.15, 0.2) is 60.9 Å². The van der Waals surface area contributed by atoms with Crippen molar-refractivity contribution in [1.29, 1.82) is 0 Å². The highest BCUT2D eigenvalue weighted by molar-refractivity contribution is 6.36. The highest BCUT2D eigenvalue weighted by Crippen LogP contribution is 2.23. The van der Waals surface area contributed by atoms with Crippen molar-refractivity contribution in [2.75, 3.05) is 5.32 Å². The van der Waals surface area contributed by atoms with E-state index in [1.165, 1.54) is 6.07 Å². The van der Waals surface area contributed by atoms with Gasteiger partial charge in [-0.25, -0.2) is 0 Å². The van der Waals surface area contributed by atoms with Crippen LogP contribution in [0.4, 0.5) is 5.69 Å². The first kappa shape index (κ1) is 16.5. The Morgan fingerprint density at radius 2 is 1.81 bits per heavy atom. The number of amides is 1. The van der Waals surface area contributed by atoms with Gasteiger partial charge < -0.3 is 5.32 Å². The second-order valence-corrected chi connectivity index (χ2v) is 6.35. The van der Waals surface area contributed by atoms with E-state index >= 15 is 0 Å². The van der Waals surface area contributed by atoms with Crippen molar-refractivity contribution in [1.82, 2.24) is 19.8 Å². The summed E-state index contributed by atoms with van der Waals surface area (Å²) >= 11 is 12.0. The van der Waals surface area contributed by atoms with E-state index in [-0.39, 0.29) is 5.91 Å². The number of nitrogens with one attached hydrogen (secondary N) is 1. The maximum absolute atomic E-state index is 12.4. The summed E-state index contributed by atoms with van der Waals surface area (Å²) in [6, 6.07) is 15.8. The predicted molar refractivity (Wildman–Crippen MR) is 101 cm³/mol. The number of benzene rings is 2. The van der Waals surface area contributed by atoms with Crippen molar-refractivity contribution < 1.29 is 4.79 Å². The van der Waals surface area contributed by atoms with Crippen LogP contribution in [0.3, 0.4) is 0 Å². The highest BCUT2D eigenvalue weighted by Gasteiger charge is 2.11. The Kier molecular flexibility index (Phi) is 4.28. The van der Waals surface area contributed by atoms with Crippen LogP contribution in [0, 0.1) is 0 Å². The summed E-state index contributed by atoms with van der Waals surface area (Å²) in [5.74, 6) is -0.325. The second kappa shape index (κ2) is 6.74. The Labute approximate surface area is 158 Å². The zero-order chi connectivity index (χ0) is 18.1. The van der Waals surface area contributed by atoms with Gasteiger partial charge in [0.25, 0.3) is 5.91 Å². The average molecular weight is 384 g/mol. The number of fused-ring (bicyclic) bond motifs is 1. The molecule has 128 valence electrons. The van der Waals surface area contributed by atoms with Gasteiger partial charge in [0.1, 0.15) is 6.33 Å². The van der Waals surface area contributed by atoms with Gasteiger partial charge in [-0.05, 0) is 42.5 Å². The molecule has 0 aliphatic heterocycles. The molecule has 2 aromatic heterocycles. The van der Waals surface area contributed by atoms with E-state index in [1.807, 2.05) is 24.3 Å². The molecule has 6 nitrogen and oxygen atoms in total. The average Bonchev–Trinajstić information content (AvgIpc) is 3.12.